The first-order chi connectivity index (χ1) is 8.19. The molecule has 0 heterocycles. The molecule has 1 aromatic rings. The van der Waals surface area contributed by atoms with Crippen LogP contribution in [0.15, 0.2) is 41.7 Å². The third-order valence-corrected chi connectivity index (χ3v) is 2.04. The second-order valence-electron chi connectivity index (χ2n) is 3.24. The highest BCUT2D eigenvalue weighted by Gasteiger charge is 2.13. The predicted molar refractivity (Wildman–Crippen MR) is 62.5 cm³/mol. The van der Waals surface area contributed by atoms with Gasteiger partial charge in [0.15, 0.2) is 12.0 Å². The summed E-state index contributed by atoms with van der Waals surface area (Å²) in [5.74, 6) is -0.154. The number of ether oxygens (including phenoxy) is 2. The maximum absolute atomic E-state index is 11.7. The average Bonchev–Trinajstić information content (AvgIpc) is 2.36. The van der Waals surface area contributed by atoms with Gasteiger partial charge in [-0.3, -0.25) is 4.79 Å². The smallest absolute Gasteiger partial charge is 0.343 e. The largest absolute Gasteiger partial charge is 0.490 e. The highest BCUT2D eigenvalue weighted by Crippen LogP contribution is 2.12. The van der Waals surface area contributed by atoms with Crippen molar-refractivity contribution in [1.29, 1.82) is 0 Å². The SMILES string of the molecule is CCOC(C=O)=C(C)C(=O)Oc1ccccc1. The molecule has 4 heteroatoms. The number of hydrogen-bond donors (Lipinski definition) is 0. The summed E-state index contributed by atoms with van der Waals surface area (Å²) in [4.78, 5) is 22.4. The Morgan fingerprint density at radius 1 is 1.29 bits per heavy atom. The zero-order chi connectivity index (χ0) is 12.7. The van der Waals surface area contributed by atoms with Gasteiger partial charge in [-0.15, -0.1) is 0 Å². The molecule has 0 radical (unpaired) electrons. The zero-order valence-corrected chi connectivity index (χ0v) is 9.80. The lowest BCUT2D eigenvalue weighted by atomic mass is 10.2. The van der Waals surface area contributed by atoms with E-state index in [1.54, 1.807) is 31.2 Å². The summed E-state index contributed by atoms with van der Waals surface area (Å²) < 4.78 is 10.1. The zero-order valence-electron chi connectivity index (χ0n) is 9.80. The molecule has 0 saturated carbocycles. The number of hydrogen-bond acceptors (Lipinski definition) is 4. The molecule has 17 heavy (non-hydrogen) atoms. The van der Waals surface area contributed by atoms with Crippen molar-refractivity contribution < 1.29 is 19.1 Å². The summed E-state index contributed by atoms with van der Waals surface area (Å²) in [6.07, 6.45) is 0.505. The summed E-state index contributed by atoms with van der Waals surface area (Å²) in [6.45, 7) is 3.55. The van der Waals surface area contributed by atoms with Crippen LogP contribution in [0.25, 0.3) is 0 Å². The van der Waals surface area contributed by atoms with Crippen LogP contribution in [0.1, 0.15) is 13.8 Å². The Balaban J connectivity index is 2.79. The third-order valence-electron chi connectivity index (χ3n) is 2.04. The van der Waals surface area contributed by atoms with Gasteiger partial charge >= 0.3 is 5.97 Å². The fraction of sp³-hybridized carbons (Fsp3) is 0.231. The van der Waals surface area contributed by atoms with E-state index < -0.39 is 5.97 Å². The number of carbonyl (C=O) groups excluding carboxylic acids is 2. The van der Waals surface area contributed by atoms with Crippen LogP contribution < -0.4 is 4.74 Å². The lowest BCUT2D eigenvalue weighted by Gasteiger charge is -2.07. The van der Waals surface area contributed by atoms with Gasteiger partial charge in [-0.25, -0.2) is 4.79 Å². The molecule has 0 aliphatic heterocycles. The number of esters is 1. The average molecular weight is 234 g/mol. The molecule has 0 N–H and O–H groups in total. The lowest BCUT2D eigenvalue weighted by Crippen LogP contribution is -2.13. The quantitative estimate of drug-likeness (QED) is 0.257. The second kappa shape index (κ2) is 6.48. The first kappa shape index (κ1) is 13.0. The topological polar surface area (TPSA) is 52.6 Å². The van der Waals surface area contributed by atoms with Crippen molar-refractivity contribution in [3.8, 4) is 5.75 Å². The minimum absolute atomic E-state index is 0.00781. The molecule has 0 bridgehead atoms. The molecule has 0 atom stereocenters. The predicted octanol–water partition coefficient (Wildman–Crippen LogP) is 2.10. The van der Waals surface area contributed by atoms with Gasteiger partial charge in [0.2, 0.25) is 0 Å². The monoisotopic (exact) mass is 234 g/mol. The highest BCUT2D eigenvalue weighted by atomic mass is 16.5. The summed E-state index contributed by atoms with van der Waals surface area (Å²) in [6, 6.07) is 8.64. The number of para-hydroxylation sites is 1. The van der Waals surface area contributed by atoms with E-state index in [9.17, 15) is 9.59 Å². The Kier molecular flexibility index (Phi) is 4.94. The fourth-order valence-electron chi connectivity index (χ4n) is 1.16. The first-order valence-electron chi connectivity index (χ1n) is 5.25. The molecule has 0 fully saturated rings. The Hall–Kier alpha value is -2.10. The van der Waals surface area contributed by atoms with Gasteiger partial charge in [0, 0.05) is 0 Å². The molecule has 0 spiro atoms. The van der Waals surface area contributed by atoms with Crippen LogP contribution in [0.2, 0.25) is 0 Å². The molecule has 0 aromatic heterocycles. The van der Waals surface area contributed by atoms with Crippen molar-refractivity contribution in [3.63, 3.8) is 0 Å². The Labute approximate surface area is 99.8 Å². The van der Waals surface area contributed by atoms with Gasteiger partial charge in [-0.2, -0.15) is 0 Å². The minimum atomic E-state index is -0.591. The molecule has 90 valence electrons. The number of rotatable bonds is 5. The van der Waals surface area contributed by atoms with Crippen molar-refractivity contribution >= 4 is 12.3 Å². The van der Waals surface area contributed by atoms with Crippen molar-refractivity contribution in [2.45, 2.75) is 13.8 Å². The Bertz CT molecular complexity index is 420. The van der Waals surface area contributed by atoms with Gasteiger partial charge in [-0.05, 0) is 26.0 Å². The van der Waals surface area contributed by atoms with E-state index in [0.29, 0.717) is 18.6 Å². The van der Waals surface area contributed by atoms with E-state index in [4.69, 9.17) is 9.47 Å². The van der Waals surface area contributed by atoms with Gasteiger partial charge in [0.25, 0.3) is 0 Å². The number of benzene rings is 1. The third kappa shape index (κ3) is 3.75. The fourth-order valence-corrected chi connectivity index (χ4v) is 1.16. The standard InChI is InChI=1S/C13H14O4/c1-3-16-12(9-14)10(2)13(15)17-11-7-5-4-6-8-11/h4-9H,3H2,1-2H3. The van der Waals surface area contributed by atoms with Crippen molar-refractivity contribution in [2.24, 2.45) is 0 Å². The Morgan fingerprint density at radius 3 is 2.47 bits per heavy atom. The van der Waals surface area contributed by atoms with E-state index >= 15 is 0 Å². The molecular formula is C13H14O4. The van der Waals surface area contributed by atoms with Crippen LogP contribution in [0.5, 0.6) is 5.75 Å². The van der Waals surface area contributed by atoms with E-state index in [0.717, 1.165) is 0 Å². The molecule has 0 unspecified atom stereocenters. The maximum atomic E-state index is 11.7. The summed E-state index contributed by atoms with van der Waals surface area (Å²) >= 11 is 0. The van der Waals surface area contributed by atoms with Crippen molar-refractivity contribution in [2.75, 3.05) is 6.61 Å². The van der Waals surface area contributed by atoms with Crippen LogP contribution in [-0.4, -0.2) is 18.9 Å². The van der Waals surface area contributed by atoms with E-state index in [2.05, 4.69) is 0 Å². The number of carbonyl (C=O) groups is 2. The van der Waals surface area contributed by atoms with Gasteiger partial charge in [-0.1, -0.05) is 18.2 Å². The molecule has 0 aliphatic carbocycles. The van der Waals surface area contributed by atoms with Crippen molar-refractivity contribution in [1.82, 2.24) is 0 Å². The Morgan fingerprint density at radius 2 is 1.94 bits per heavy atom. The van der Waals surface area contributed by atoms with Crippen LogP contribution in [0, 0.1) is 0 Å². The molecule has 4 nitrogen and oxygen atoms in total. The van der Waals surface area contributed by atoms with Crippen LogP contribution in [0.4, 0.5) is 0 Å². The summed E-state index contributed by atoms with van der Waals surface area (Å²) in [5, 5.41) is 0. The number of allylic oxidation sites excluding steroid dienone is 1. The summed E-state index contributed by atoms with van der Waals surface area (Å²) in [7, 11) is 0. The highest BCUT2D eigenvalue weighted by molar-refractivity contribution is 5.94. The minimum Gasteiger partial charge on any atom is -0.490 e. The van der Waals surface area contributed by atoms with E-state index in [-0.39, 0.29) is 11.3 Å². The van der Waals surface area contributed by atoms with Crippen molar-refractivity contribution in [3.05, 3.63) is 41.7 Å². The van der Waals surface area contributed by atoms with Gasteiger partial charge < -0.3 is 9.47 Å². The van der Waals surface area contributed by atoms with Crippen LogP contribution in [0.3, 0.4) is 0 Å². The molecule has 1 rings (SSSR count). The molecular weight excluding hydrogens is 220 g/mol. The molecule has 0 saturated heterocycles. The molecule has 1 aromatic carbocycles. The van der Waals surface area contributed by atoms with Gasteiger partial charge in [0.1, 0.15) is 5.75 Å². The molecule has 0 amide bonds. The van der Waals surface area contributed by atoms with Gasteiger partial charge in [0.05, 0.1) is 12.2 Å². The number of aldehydes is 1. The van der Waals surface area contributed by atoms with E-state index in [1.807, 2.05) is 6.07 Å². The lowest BCUT2D eigenvalue weighted by molar-refractivity contribution is -0.130. The van der Waals surface area contributed by atoms with Crippen LogP contribution >= 0.6 is 0 Å². The van der Waals surface area contributed by atoms with E-state index in [1.165, 1.54) is 6.92 Å². The van der Waals surface area contributed by atoms with Crippen LogP contribution in [-0.2, 0) is 14.3 Å². The maximum Gasteiger partial charge on any atom is 0.343 e. The second-order valence-corrected chi connectivity index (χ2v) is 3.24. The first-order valence-corrected chi connectivity index (χ1v) is 5.25. The molecule has 0 aliphatic rings. The summed E-state index contributed by atoms with van der Waals surface area (Å²) in [5.41, 5.74) is 0.158. The normalized spacial score (nSPS) is 11.4.